The van der Waals surface area contributed by atoms with Crippen LogP contribution in [0.4, 0.5) is 11.4 Å². The van der Waals surface area contributed by atoms with Crippen molar-refractivity contribution in [2.24, 2.45) is 5.10 Å². The Morgan fingerprint density at radius 2 is 1.56 bits per heavy atom. The first-order valence-electron chi connectivity index (χ1n) is 11.8. The molecule has 0 aliphatic carbocycles. The van der Waals surface area contributed by atoms with Crippen LogP contribution in [0.25, 0.3) is 0 Å². The van der Waals surface area contributed by atoms with Crippen LogP contribution in [0.3, 0.4) is 0 Å². The molecule has 2 heterocycles. The van der Waals surface area contributed by atoms with E-state index in [1.54, 1.807) is 5.01 Å². The second-order valence-electron chi connectivity index (χ2n) is 8.90. The van der Waals surface area contributed by atoms with Crippen molar-refractivity contribution in [2.45, 2.75) is 42.9 Å². The number of hydrogen-bond acceptors (Lipinski definition) is 7. The summed E-state index contributed by atoms with van der Waals surface area (Å²) in [7, 11) is 0. The average Bonchev–Trinajstić information content (AvgIpc) is 3.21. The Balaban J connectivity index is 1.36. The summed E-state index contributed by atoms with van der Waals surface area (Å²) in [6.07, 6.45) is -0.0709. The van der Waals surface area contributed by atoms with Gasteiger partial charge in [-0.2, -0.15) is 0 Å². The van der Waals surface area contributed by atoms with Gasteiger partial charge in [0.2, 0.25) is 0 Å². The van der Waals surface area contributed by atoms with Crippen molar-refractivity contribution in [3.63, 3.8) is 0 Å². The predicted octanol–water partition coefficient (Wildman–Crippen LogP) is 3.63. The third-order valence-corrected chi connectivity index (χ3v) is 8.24. The molecule has 2 saturated heterocycles. The molecule has 0 saturated carbocycles. The Morgan fingerprint density at radius 3 is 2.17 bits per heavy atom. The molecule has 3 aromatic rings. The van der Waals surface area contributed by atoms with E-state index in [0.29, 0.717) is 6.61 Å². The molecular formula is C28H28N2O5Se. The van der Waals surface area contributed by atoms with Gasteiger partial charge in [0.1, 0.15) is 0 Å². The summed E-state index contributed by atoms with van der Waals surface area (Å²) in [6.45, 7) is 4.10. The Kier molecular flexibility index (Phi) is 7.51. The average molecular weight is 552 g/mol. The Bertz CT molecular complexity index is 1140. The molecule has 2 fully saturated rings. The zero-order valence-corrected chi connectivity index (χ0v) is 21.8. The van der Waals surface area contributed by atoms with Crippen LogP contribution in [0, 0.1) is 0 Å². The van der Waals surface area contributed by atoms with E-state index in [1.165, 1.54) is 6.21 Å². The van der Waals surface area contributed by atoms with Gasteiger partial charge >= 0.3 is 217 Å². The molecule has 186 valence electrons. The zero-order chi connectivity index (χ0) is 25.0. The van der Waals surface area contributed by atoms with Gasteiger partial charge in [0.25, 0.3) is 0 Å². The number of rotatable bonds is 7. The first-order chi connectivity index (χ1) is 17.5. The SMILES string of the molecule is CC1(C)OC[C@@H]2O[C@H]([Se]c3ccccc3)[C@@H](OC(=O)/C=N/N(c3ccccc3)c3ccccc3)[C@@H]2O1. The number of ether oxygens (including phenoxy) is 4. The number of para-hydroxylation sites is 2. The molecule has 0 aromatic heterocycles. The third kappa shape index (κ3) is 5.86. The Hall–Kier alpha value is -3.00. The summed E-state index contributed by atoms with van der Waals surface area (Å²) < 4.78 is 25.4. The molecule has 3 aromatic carbocycles. The summed E-state index contributed by atoms with van der Waals surface area (Å²) >= 11 is -0.0890. The molecular weight excluding hydrogens is 523 g/mol. The van der Waals surface area contributed by atoms with Crippen molar-refractivity contribution in [1.29, 1.82) is 0 Å². The maximum absolute atomic E-state index is 13.1. The second kappa shape index (κ2) is 10.9. The standard InChI is InChI=1S/C28H28N2O5Se/c1-28(2)32-19-23-25(35-28)26(27(33-23)36-22-16-10-5-11-17-22)34-24(31)18-29-30(20-12-6-3-7-13-20)21-14-8-4-9-15-21/h3-18,23,25-27H,19H2,1-2H3/b29-18+/t23-,25+,26-,27+/m0/s1. The number of hydrogen-bond donors (Lipinski definition) is 0. The summed E-state index contributed by atoms with van der Waals surface area (Å²) in [4.78, 5) is 13.1. The third-order valence-electron chi connectivity index (χ3n) is 5.81. The predicted molar refractivity (Wildman–Crippen MR) is 139 cm³/mol. The van der Waals surface area contributed by atoms with Gasteiger partial charge in [0.05, 0.1) is 0 Å². The first kappa shape index (κ1) is 24.7. The molecule has 8 heteroatoms. The van der Waals surface area contributed by atoms with Crippen molar-refractivity contribution >= 4 is 43.0 Å². The van der Waals surface area contributed by atoms with E-state index in [2.05, 4.69) is 17.2 Å². The number of esters is 1. The number of hydrazone groups is 1. The van der Waals surface area contributed by atoms with Crippen molar-refractivity contribution in [3.05, 3.63) is 91.0 Å². The van der Waals surface area contributed by atoms with Crippen LogP contribution in [0.5, 0.6) is 0 Å². The van der Waals surface area contributed by atoms with E-state index in [9.17, 15) is 4.79 Å². The summed E-state index contributed by atoms with van der Waals surface area (Å²) in [5, 5.41) is 5.88. The van der Waals surface area contributed by atoms with Crippen LogP contribution in [0.15, 0.2) is 96.1 Å². The quantitative estimate of drug-likeness (QED) is 0.193. The Morgan fingerprint density at radius 1 is 0.972 bits per heavy atom. The number of carbonyl (C=O) groups excluding carboxylic acids is 1. The van der Waals surface area contributed by atoms with Gasteiger partial charge in [-0.25, -0.2) is 0 Å². The van der Waals surface area contributed by atoms with Crippen LogP contribution in [-0.2, 0) is 23.7 Å². The number of carbonyl (C=O) groups is 1. The normalized spacial score (nSPS) is 24.8. The molecule has 5 rings (SSSR count). The van der Waals surface area contributed by atoms with Gasteiger partial charge in [-0.3, -0.25) is 0 Å². The molecule has 0 unspecified atom stereocenters. The fourth-order valence-corrected chi connectivity index (χ4v) is 6.52. The minimum atomic E-state index is -0.782. The van der Waals surface area contributed by atoms with E-state index < -0.39 is 24.0 Å². The van der Waals surface area contributed by atoms with Crippen molar-refractivity contribution in [2.75, 3.05) is 11.6 Å². The van der Waals surface area contributed by atoms with Crippen LogP contribution < -0.4 is 9.47 Å². The summed E-state index contributed by atoms with van der Waals surface area (Å²) in [6, 6.07) is 29.4. The monoisotopic (exact) mass is 552 g/mol. The van der Waals surface area contributed by atoms with Crippen LogP contribution in [0.2, 0.25) is 0 Å². The van der Waals surface area contributed by atoms with Gasteiger partial charge in [0, 0.05) is 0 Å². The van der Waals surface area contributed by atoms with E-state index in [1.807, 2.05) is 92.7 Å². The van der Waals surface area contributed by atoms with Gasteiger partial charge < -0.3 is 0 Å². The molecule has 2 aliphatic heterocycles. The molecule has 7 nitrogen and oxygen atoms in total. The zero-order valence-electron chi connectivity index (χ0n) is 20.1. The van der Waals surface area contributed by atoms with Gasteiger partial charge in [-0.05, 0) is 0 Å². The number of fused-ring (bicyclic) bond motifs is 1. The first-order valence-corrected chi connectivity index (χ1v) is 13.7. The minimum absolute atomic E-state index is 0.0890. The molecule has 0 radical (unpaired) electrons. The van der Waals surface area contributed by atoms with Gasteiger partial charge in [0.15, 0.2) is 0 Å². The summed E-state index contributed by atoms with van der Waals surface area (Å²) in [5.41, 5.74) is 1.66. The van der Waals surface area contributed by atoms with Crippen LogP contribution >= 0.6 is 0 Å². The van der Waals surface area contributed by atoms with Gasteiger partial charge in [-0.15, -0.1) is 0 Å². The van der Waals surface area contributed by atoms with Crippen molar-refractivity contribution in [1.82, 2.24) is 0 Å². The van der Waals surface area contributed by atoms with E-state index in [-0.39, 0.29) is 26.1 Å². The van der Waals surface area contributed by atoms with Crippen LogP contribution in [0.1, 0.15) is 13.8 Å². The molecule has 2 aliphatic rings. The topological polar surface area (TPSA) is 69.6 Å². The molecule has 0 bridgehead atoms. The van der Waals surface area contributed by atoms with E-state index in [4.69, 9.17) is 18.9 Å². The number of anilines is 2. The summed E-state index contributed by atoms with van der Waals surface area (Å²) in [5.74, 6) is -1.34. The molecule has 36 heavy (non-hydrogen) atoms. The van der Waals surface area contributed by atoms with Gasteiger partial charge in [-0.1, -0.05) is 0 Å². The second-order valence-corrected chi connectivity index (χ2v) is 11.4. The molecule has 4 atom stereocenters. The maximum atomic E-state index is 13.1. The molecule has 0 amide bonds. The van der Waals surface area contributed by atoms with Crippen molar-refractivity contribution in [3.8, 4) is 0 Å². The fraction of sp³-hybridized carbons (Fsp3) is 0.286. The fourth-order valence-electron chi connectivity index (χ4n) is 4.16. The molecule has 0 spiro atoms. The molecule has 0 N–H and O–H groups in total. The number of benzene rings is 3. The van der Waals surface area contributed by atoms with E-state index >= 15 is 0 Å². The van der Waals surface area contributed by atoms with Crippen molar-refractivity contribution < 1.29 is 23.7 Å². The Labute approximate surface area is 217 Å². The van der Waals surface area contributed by atoms with Crippen LogP contribution in [-0.4, -0.2) is 62.8 Å². The van der Waals surface area contributed by atoms with E-state index in [0.717, 1.165) is 15.8 Å². The number of nitrogens with zero attached hydrogens (tertiary/aromatic N) is 2.